The Kier molecular flexibility index (Phi) is 3.97. The minimum atomic E-state index is 0.146. The lowest BCUT2D eigenvalue weighted by atomic mass is 10.3. The van der Waals surface area contributed by atoms with E-state index in [0.29, 0.717) is 12.5 Å². The van der Waals surface area contributed by atoms with Crippen LogP contribution in [0.3, 0.4) is 0 Å². The summed E-state index contributed by atoms with van der Waals surface area (Å²) in [4.78, 5) is 8.52. The van der Waals surface area contributed by atoms with Crippen LogP contribution in [0.4, 0.5) is 0 Å². The van der Waals surface area contributed by atoms with Gasteiger partial charge in [0.2, 0.25) is 0 Å². The second kappa shape index (κ2) is 5.47. The van der Waals surface area contributed by atoms with E-state index in [9.17, 15) is 0 Å². The van der Waals surface area contributed by atoms with E-state index < -0.39 is 0 Å². The van der Waals surface area contributed by atoms with Gasteiger partial charge in [0, 0.05) is 12.8 Å². The summed E-state index contributed by atoms with van der Waals surface area (Å²) in [5.41, 5.74) is 1.94. The van der Waals surface area contributed by atoms with Crippen LogP contribution in [-0.4, -0.2) is 27.2 Å². The highest BCUT2D eigenvalue weighted by atomic mass is 35.5. The largest absolute Gasteiger partial charge is 0.377 e. The third-order valence-corrected chi connectivity index (χ3v) is 2.88. The summed E-state index contributed by atoms with van der Waals surface area (Å²) < 4.78 is 7.66. The number of nitrogens with zero attached hydrogens (tertiary/aromatic N) is 3. The summed E-state index contributed by atoms with van der Waals surface area (Å²) in [5.74, 6) is 1.26. The fourth-order valence-corrected chi connectivity index (χ4v) is 2.14. The molecular weight excluding hydrogens is 238 g/mol. The Hall–Kier alpha value is -1.13. The van der Waals surface area contributed by atoms with Crippen molar-refractivity contribution in [2.75, 3.05) is 6.61 Å². The molecule has 2 heterocycles. The first-order valence-corrected chi connectivity index (χ1v) is 6.26. The molecule has 0 amide bonds. The minimum Gasteiger partial charge on any atom is -0.377 e. The van der Waals surface area contributed by atoms with Gasteiger partial charge >= 0.3 is 0 Å². The predicted octanol–water partition coefficient (Wildman–Crippen LogP) is 2.60. The zero-order valence-electron chi connectivity index (χ0n) is 10.1. The Morgan fingerprint density at radius 2 is 2.35 bits per heavy atom. The standard InChI is InChI=1S/C12H16ClN3O/c1-3-17-9(2)8-16-11-4-5-14-7-10(11)15-12(16)6-13/h4-5,7,9H,3,6,8H2,1-2H3. The molecule has 1 atom stereocenters. The van der Waals surface area contributed by atoms with E-state index in [4.69, 9.17) is 16.3 Å². The highest BCUT2D eigenvalue weighted by Crippen LogP contribution is 2.17. The number of ether oxygens (including phenoxy) is 1. The van der Waals surface area contributed by atoms with Gasteiger partial charge in [0.25, 0.3) is 0 Å². The van der Waals surface area contributed by atoms with Gasteiger partial charge in [-0.25, -0.2) is 4.98 Å². The molecule has 2 rings (SSSR count). The van der Waals surface area contributed by atoms with Crippen LogP contribution < -0.4 is 0 Å². The van der Waals surface area contributed by atoms with Gasteiger partial charge in [-0.1, -0.05) is 0 Å². The Morgan fingerprint density at radius 3 is 3.06 bits per heavy atom. The number of alkyl halides is 1. The highest BCUT2D eigenvalue weighted by Gasteiger charge is 2.12. The van der Waals surface area contributed by atoms with Gasteiger partial charge in [0.05, 0.1) is 30.2 Å². The Balaban J connectivity index is 2.36. The van der Waals surface area contributed by atoms with Gasteiger partial charge in [0.1, 0.15) is 11.3 Å². The summed E-state index contributed by atoms with van der Waals surface area (Å²) in [6, 6.07) is 1.96. The summed E-state index contributed by atoms with van der Waals surface area (Å²) in [7, 11) is 0. The topological polar surface area (TPSA) is 39.9 Å². The molecule has 1 unspecified atom stereocenters. The van der Waals surface area contributed by atoms with E-state index in [1.54, 1.807) is 12.4 Å². The molecule has 5 heteroatoms. The van der Waals surface area contributed by atoms with Gasteiger partial charge in [-0.15, -0.1) is 11.6 Å². The Morgan fingerprint density at radius 1 is 1.53 bits per heavy atom. The summed E-state index contributed by atoms with van der Waals surface area (Å²) in [5, 5.41) is 0. The fourth-order valence-electron chi connectivity index (χ4n) is 1.93. The van der Waals surface area contributed by atoms with Crippen molar-refractivity contribution in [2.24, 2.45) is 0 Å². The Labute approximate surface area is 106 Å². The lowest BCUT2D eigenvalue weighted by Gasteiger charge is -2.14. The average Bonchev–Trinajstić information content (AvgIpc) is 2.68. The van der Waals surface area contributed by atoms with Crippen molar-refractivity contribution in [1.29, 1.82) is 0 Å². The lowest BCUT2D eigenvalue weighted by Crippen LogP contribution is -2.17. The SMILES string of the molecule is CCOC(C)Cn1c(CCl)nc2cnccc21. The quantitative estimate of drug-likeness (QED) is 0.769. The van der Waals surface area contributed by atoms with Crippen molar-refractivity contribution in [2.45, 2.75) is 32.4 Å². The minimum absolute atomic E-state index is 0.146. The van der Waals surface area contributed by atoms with Gasteiger partial charge in [-0.3, -0.25) is 4.98 Å². The van der Waals surface area contributed by atoms with Crippen LogP contribution in [0.25, 0.3) is 11.0 Å². The summed E-state index contributed by atoms with van der Waals surface area (Å²) in [6.07, 6.45) is 3.67. The monoisotopic (exact) mass is 253 g/mol. The van der Waals surface area contributed by atoms with Crippen LogP contribution >= 0.6 is 11.6 Å². The highest BCUT2D eigenvalue weighted by molar-refractivity contribution is 6.16. The zero-order valence-corrected chi connectivity index (χ0v) is 10.8. The van der Waals surface area contributed by atoms with Gasteiger partial charge < -0.3 is 9.30 Å². The maximum atomic E-state index is 5.92. The van der Waals surface area contributed by atoms with Crippen molar-refractivity contribution < 1.29 is 4.74 Å². The number of hydrogen-bond acceptors (Lipinski definition) is 3. The van der Waals surface area contributed by atoms with Crippen molar-refractivity contribution in [3.8, 4) is 0 Å². The number of fused-ring (bicyclic) bond motifs is 1. The second-order valence-corrected chi connectivity index (χ2v) is 4.17. The van der Waals surface area contributed by atoms with Crippen molar-refractivity contribution in [3.05, 3.63) is 24.3 Å². The molecule has 0 fully saturated rings. The van der Waals surface area contributed by atoms with Gasteiger partial charge in [-0.05, 0) is 19.9 Å². The predicted molar refractivity (Wildman–Crippen MR) is 68.2 cm³/mol. The molecule has 0 aliphatic carbocycles. The number of pyridine rings is 1. The van der Waals surface area contributed by atoms with E-state index in [0.717, 1.165) is 23.4 Å². The maximum Gasteiger partial charge on any atom is 0.125 e. The van der Waals surface area contributed by atoms with E-state index in [-0.39, 0.29) is 6.10 Å². The number of aromatic nitrogens is 3. The normalized spacial score (nSPS) is 13.1. The van der Waals surface area contributed by atoms with Crippen molar-refractivity contribution in [3.63, 3.8) is 0 Å². The molecule has 0 aliphatic heterocycles. The van der Waals surface area contributed by atoms with Crippen LogP contribution in [0.1, 0.15) is 19.7 Å². The van der Waals surface area contributed by atoms with Crippen LogP contribution in [0.15, 0.2) is 18.5 Å². The number of rotatable bonds is 5. The first kappa shape index (κ1) is 12.3. The van der Waals surface area contributed by atoms with Crippen LogP contribution in [-0.2, 0) is 17.2 Å². The molecule has 4 nitrogen and oxygen atoms in total. The van der Waals surface area contributed by atoms with E-state index in [1.165, 1.54) is 0 Å². The molecule has 0 spiro atoms. The molecule has 17 heavy (non-hydrogen) atoms. The molecule has 0 N–H and O–H groups in total. The molecule has 0 aromatic carbocycles. The first-order chi connectivity index (χ1) is 8.26. The van der Waals surface area contributed by atoms with Crippen molar-refractivity contribution >= 4 is 22.6 Å². The molecule has 0 saturated heterocycles. The third kappa shape index (κ3) is 2.58. The van der Waals surface area contributed by atoms with E-state index >= 15 is 0 Å². The number of halogens is 1. The average molecular weight is 254 g/mol. The molecular formula is C12H16ClN3O. The molecule has 0 bridgehead atoms. The first-order valence-electron chi connectivity index (χ1n) is 5.73. The number of imidazole rings is 1. The van der Waals surface area contributed by atoms with E-state index in [2.05, 4.69) is 21.5 Å². The van der Waals surface area contributed by atoms with Crippen molar-refractivity contribution in [1.82, 2.24) is 14.5 Å². The zero-order chi connectivity index (χ0) is 12.3. The number of hydrogen-bond donors (Lipinski definition) is 0. The molecule has 2 aromatic heterocycles. The summed E-state index contributed by atoms with van der Waals surface area (Å²) in [6.45, 7) is 5.52. The fraction of sp³-hybridized carbons (Fsp3) is 0.500. The molecule has 92 valence electrons. The third-order valence-electron chi connectivity index (χ3n) is 2.64. The smallest absolute Gasteiger partial charge is 0.125 e. The molecule has 0 aliphatic rings. The lowest BCUT2D eigenvalue weighted by molar-refractivity contribution is 0.0643. The van der Waals surface area contributed by atoms with Gasteiger partial charge in [-0.2, -0.15) is 0 Å². The Bertz CT molecular complexity index is 497. The molecule has 0 radical (unpaired) electrons. The maximum absolute atomic E-state index is 5.92. The molecule has 2 aromatic rings. The molecule has 0 saturated carbocycles. The van der Waals surface area contributed by atoms with E-state index in [1.807, 2.05) is 13.0 Å². The second-order valence-electron chi connectivity index (χ2n) is 3.90. The van der Waals surface area contributed by atoms with Gasteiger partial charge in [0.15, 0.2) is 0 Å². The van der Waals surface area contributed by atoms with Crippen LogP contribution in [0, 0.1) is 0 Å². The summed E-state index contributed by atoms with van der Waals surface area (Å²) >= 11 is 5.92. The van der Waals surface area contributed by atoms with Crippen LogP contribution in [0.5, 0.6) is 0 Å². The van der Waals surface area contributed by atoms with Crippen LogP contribution in [0.2, 0.25) is 0 Å².